The van der Waals surface area contributed by atoms with Crippen LogP contribution in [0.15, 0.2) is 38.4 Å². The van der Waals surface area contributed by atoms with Crippen molar-refractivity contribution in [3.8, 4) is 11.6 Å². The molecule has 7 nitrogen and oxygen atoms in total. The highest BCUT2D eigenvalue weighted by Gasteiger charge is 2.34. The summed E-state index contributed by atoms with van der Waals surface area (Å²) in [6, 6.07) is 3.01. The van der Waals surface area contributed by atoms with E-state index in [1.807, 2.05) is 20.8 Å². The minimum atomic E-state index is -4.69. The van der Waals surface area contributed by atoms with Crippen molar-refractivity contribution in [1.29, 1.82) is 0 Å². The maximum atomic E-state index is 13.4. The van der Waals surface area contributed by atoms with Crippen LogP contribution in [0.5, 0.6) is 11.6 Å². The summed E-state index contributed by atoms with van der Waals surface area (Å²) >= 11 is 0. The van der Waals surface area contributed by atoms with Crippen LogP contribution in [-0.2, 0) is 19.1 Å². The second-order valence-corrected chi connectivity index (χ2v) is 7.77. The minimum Gasteiger partial charge on any atom is -0.493 e. The molecule has 2 heterocycles. The predicted octanol–water partition coefficient (Wildman–Crippen LogP) is 4.48. The zero-order chi connectivity index (χ0) is 23.6. The Morgan fingerprint density at radius 2 is 1.94 bits per heavy atom. The Hall–Kier alpha value is -3.17. The molecule has 10 heteroatoms. The number of halogens is 3. The van der Waals surface area contributed by atoms with Crippen LogP contribution in [0, 0.1) is 0 Å². The molecule has 0 spiro atoms. The molecule has 0 saturated heterocycles. The summed E-state index contributed by atoms with van der Waals surface area (Å²) in [7, 11) is 0. The smallest absolute Gasteiger partial charge is 0.417 e. The molecule has 3 rings (SSSR count). The van der Waals surface area contributed by atoms with Gasteiger partial charge in [-0.25, -0.2) is 9.59 Å². The maximum absolute atomic E-state index is 13.4. The van der Waals surface area contributed by atoms with Gasteiger partial charge in [-0.3, -0.25) is 9.13 Å². The fourth-order valence-electron chi connectivity index (χ4n) is 3.59. The molecule has 32 heavy (non-hydrogen) atoms. The first-order chi connectivity index (χ1) is 15.0. The molecule has 0 fully saturated rings. The highest BCUT2D eigenvalue weighted by atomic mass is 19.4. The SMILES string of the molecule is CCCc1c(OCCCn2c(O)cn(C(C)C)c2=O)ccc2c(C(F)(F)F)cc(=O)oc12. The summed E-state index contributed by atoms with van der Waals surface area (Å²) in [6.45, 7) is 5.85. The standard InChI is InChI=1S/C22H25F3N2O5/c1-4-6-15-17(8-7-14-16(22(23,24)25)11-19(29)32-20(14)15)31-10-5-9-26-18(28)12-27(13(2)3)21(26)30/h7-8,11-13,28H,4-6,9-10H2,1-3H3. The number of aromatic hydroxyl groups is 1. The molecule has 0 aliphatic carbocycles. The molecule has 0 bridgehead atoms. The quantitative estimate of drug-likeness (QED) is 0.401. The normalized spacial score (nSPS) is 12.1. The van der Waals surface area contributed by atoms with Crippen molar-refractivity contribution in [2.75, 3.05) is 6.61 Å². The van der Waals surface area contributed by atoms with Gasteiger partial charge in [0.15, 0.2) is 0 Å². The molecule has 2 aromatic heterocycles. The zero-order valence-electron chi connectivity index (χ0n) is 18.0. The molecular formula is C22H25F3N2O5. The summed E-state index contributed by atoms with van der Waals surface area (Å²) in [5.41, 5.74) is -2.21. The monoisotopic (exact) mass is 454 g/mol. The van der Waals surface area contributed by atoms with Gasteiger partial charge >= 0.3 is 17.5 Å². The molecule has 1 N–H and O–H groups in total. The van der Waals surface area contributed by atoms with Crippen LogP contribution in [0.2, 0.25) is 0 Å². The van der Waals surface area contributed by atoms with E-state index >= 15 is 0 Å². The van der Waals surface area contributed by atoms with E-state index in [0.717, 1.165) is 0 Å². The van der Waals surface area contributed by atoms with Gasteiger partial charge in [0, 0.05) is 29.6 Å². The number of aryl methyl sites for hydroxylation is 1. The lowest BCUT2D eigenvalue weighted by atomic mass is 10.0. The van der Waals surface area contributed by atoms with Crippen molar-refractivity contribution in [2.24, 2.45) is 0 Å². The molecule has 0 amide bonds. The molecule has 174 valence electrons. The zero-order valence-corrected chi connectivity index (χ0v) is 18.0. The van der Waals surface area contributed by atoms with Crippen LogP contribution >= 0.6 is 0 Å². The second-order valence-electron chi connectivity index (χ2n) is 7.77. The van der Waals surface area contributed by atoms with Crippen LogP contribution in [0.3, 0.4) is 0 Å². The largest absolute Gasteiger partial charge is 0.493 e. The Morgan fingerprint density at radius 3 is 2.53 bits per heavy atom. The Bertz CT molecular complexity index is 1220. The van der Waals surface area contributed by atoms with Crippen molar-refractivity contribution in [3.05, 3.63) is 56.4 Å². The predicted molar refractivity (Wildman–Crippen MR) is 112 cm³/mol. The first kappa shape index (κ1) is 23.5. The molecule has 0 aliphatic rings. The second kappa shape index (κ2) is 9.13. The Balaban J connectivity index is 1.84. The summed E-state index contributed by atoms with van der Waals surface area (Å²) in [6.07, 6.45) is -2.00. The Kier molecular flexibility index (Phi) is 6.71. The third kappa shape index (κ3) is 4.68. The molecule has 0 radical (unpaired) electrons. The average Bonchev–Trinajstić information content (AvgIpc) is 2.99. The summed E-state index contributed by atoms with van der Waals surface area (Å²) < 4.78 is 53.7. The third-order valence-corrected chi connectivity index (χ3v) is 5.10. The summed E-state index contributed by atoms with van der Waals surface area (Å²) in [5.74, 6) is 0.167. The number of fused-ring (bicyclic) bond motifs is 1. The summed E-state index contributed by atoms with van der Waals surface area (Å²) in [4.78, 5) is 24.1. The third-order valence-electron chi connectivity index (χ3n) is 5.10. The van der Waals surface area contributed by atoms with Crippen LogP contribution in [0.1, 0.15) is 50.8 Å². The van der Waals surface area contributed by atoms with Crippen LogP contribution in [0.25, 0.3) is 11.0 Å². The van der Waals surface area contributed by atoms with Gasteiger partial charge in [-0.15, -0.1) is 0 Å². The number of ether oxygens (including phenoxy) is 1. The number of rotatable bonds is 8. The van der Waals surface area contributed by atoms with Gasteiger partial charge in [0.05, 0.1) is 18.4 Å². The molecule has 0 aliphatic heterocycles. The van der Waals surface area contributed by atoms with Crippen molar-refractivity contribution < 1.29 is 27.4 Å². The first-order valence-corrected chi connectivity index (χ1v) is 10.3. The van der Waals surface area contributed by atoms with Gasteiger partial charge < -0.3 is 14.3 Å². The Morgan fingerprint density at radius 1 is 1.22 bits per heavy atom. The van der Waals surface area contributed by atoms with Crippen LogP contribution in [-0.4, -0.2) is 20.8 Å². The number of nitrogens with zero attached hydrogens (tertiary/aromatic N) is 2. The molecule has 1 aromatic carbocycles. The van der Waals surface area contributed by atoms with Crippen molar-refractivity contribution in [1.82, 2.24) is 9.13 Å². The minimum absolute atomic E-state index is 0.101. The Labute approximate surface area is 181 Å². The molecule has 0 atom stereocenters. The highest BCUT2D eigenvalue weighted by molar-refractivity contribution is 5.85. The van der Waals surface area contributed by atoms with Gasteiger partial charge in [-0.2, -0.15) is 13.2 Å². The van der Waals surface area contributed by atoms with E-state index < -0.39 is 17.4 Å². The molecule has 0 saturated carbocycles. The van der Waals surface area contributed by atoms with E-state index in [4.69, 9.17) is 9.15 Å². The lowest BCUT2D eigenvalue weighted by Gasteiger charge is -2.15. The van der Waals surface area contributed by atoms with E-state index in [-0.39, 0.29) is 41.7 Å². The summed E-state index contributed by atoms with van der Waals surface area (Å²) in [5, 5.41) is 9.80. The van der Waals surface area contributed by atoms with Crippen molar-refractivity contribution >= 4 is 11.0 Å². The lowest BCUT2D eigenvalue weighted by Crippen LogP contribution is -2.25. The van der Waals surface area contributed by atoms with Crippen LogP contribution in [0.4, 0.5) is 13.2 Å². The van der Waals surface area contributed by atoms with Crippen LogP contribution < -0.4 is 16.1 Å². The molecular weight excluding hydrogens is 429 g/mol. The first-order valence-electron chi connectivity index (χ1n) is 10.3. The van der Waals surface area contributed by atoms with E-state index in [2.05, 4.69) is 0 Å². The average molecular weight is 454 g/mol. The number of imidazole rings is 1. The van der Waals surface area contributed by atoms with E-state index in [0.29, 0.717) is 36.6 Å². The molecule has 3 aromatic rings. The topological polar surface area (TPSA) is 86.6 Å². The van der Waals surface area contributed by atoms with E-state index in [1.165, 1.54) is 27.5 Å². The van der Waals surface area contributed by atoms with Gasteiger partial charge in [0.2, 0.25) is 5.88 Å². The van der Waals surface area contributed by atoms with Crippen molar-refractivity contribution in [3.63, 3.8) is 0 Å². The fourth-order valence-corrected chi connectivity index (χ4v) is 3.59. The van der Waals surface area contributed by atoms with Gasteiger partial charge in [-0.05, 0) is 38.8 Å². The number of benzene rings is 1. The molecule has 0 unspecified atom stereocenters. The van der Waals surface area contributed by atoms with Gasteiger partial charge in [0.1, 0.15) is 11.3 Å². The number of alkyl halides is 3. The fraction of sp³-hybridized carbons (Fsp3) is 0.455. The van der Waals surface area contributed by atoms with Crippen molar-refractivity contribution in [2.45, 2.75) is 58.8 Å². The number of hydrogen-bond acceptors (Lipinski definition) is 5. The number of hydrogen-bond donors (Lipinski definition) is 1. The lowest BCUT2D eigenvalue weighted by molar-refractivity contribution is -0.136. The maximum Gasteiger partial charge on any atom is 0.417 e. The van der Waals surface area contributed by atoms with E-state index in [1.54, 1.807) is 0 Å². The van der Waals surface area contributed by atoms with E-state index in [9.17, 15) is 27.9 Å². The van der Waals surface area contributed by atoms with Gasteiger partial charge in [0.25, 0.3) is 0 Å². The number of aromatic nitrogens is 2. The highest BCUT2D eigenvalue weighted by Crippen LogP contribution is 2.37. The van der Waals surface area contributed by atoms with Gasteiger partial charge in [-0.1, -0.05) is 13.3 Å².